The number of hydrogen-bond donors (Lipinski definition) is 5. The first-order valence-corrected chi connectivity index (χ1v) is 15.4. The summed E-state index contributed by atoms with van der Waals surface area (Å²) < 4.78 is 6.19. The van der Waals surface area contributed by atoms with Gasteiger partial charge in [0.05, 0.1) is 23.7 Å². The number of primary amides is 1. The van der Waals surface area contributed by atoms with E-state index >= 15 is 0 Å². The molecule has 1 aromatic heterocycles. The standard InChI is InChI=1S/C33H41N5O8/c1-35(2)21-14-19(22-7-6-17(46-22)15-38-10-8-37(5)9-11-38)27(39)24-18(21)12-16-13-20-26(36(3)4)29(41)25(32(34)44)31(43)33(20,45)30(42)23(16)28(24)40/h6-7,14,16,20,26,39-40,43,45H,8-13,15H2,1-5H3,(H2,34,44). The summed E-state index contributed by atoms with van der Waals surface area (Å²) in [5.74, 6) is -5.75. The maximum absolute atomic E-state index is 14.2. The van der Waals surface area contributed by atoms with Crippen molar-refractivity contribution in [3.8, 4) is 17.1 Å². The number of likely N-dealkylation sites (N-methyl/N-ethyl adjacent to an activating group) is 2. The molecule has 1 aliphatic heterocycles. The highest BCUT2D eigenvalue weighted by atomic mass is 16.4. The Morgan fingerprint density at radius 3 is 2.37 bits per heavy atom. The molecule has 13 heteroatoms. The van der Waals surface area contributed by atoms with Gasteiger partial charge in [-0.25, -0.2) is 0 Å². The summed E-state index contributed by atoms with van der Waals surface area (Å²) in [6.45, 7) is 4.32. The summed E-state index contributed by atoms with van der Waals surface area (Å²) >= 11 is 0. The van der Waals surface area contributed by atoms with Crippen molar-refractivity contribution < 1.29 is 39.2 Å². The summed E-state index contributed by atoms with van der Waals surface area (Å²) in [4.78, 5) is 47.7. The Morgan fingerprint density at radius 2 is 1.76 bits per heavy atom. The van der Waals surface area contributed by atoms with Gasteiger partial charge in [-0.1, -0.05) is 0 Å². The van der Waals surface area contributed by atoms with Crippen molar-refractivity contribution in [2.75, 3.05) is 66.3 Å². The third-order valence-electron chi connectivity index (χ3n) is 10.1. The minimum Gasteiger partial charge on any atom is -0.508 e. The second-order valence-corrected chi connectivity index (χ2v) is 13.3. The van der Waals surface area contributed by atoms with Gasteiger partial charge in [0.1, 0.15) is 34.4 Å². The SMILES string of the molecule is CN1CCN(Cc2ccc(-c3cc(N(C)C)c4c(c3O)C(O)=C3C(=O)C5(O)C(O)=C(C(N)=O)C(=O)C(N(C)C)C5CC3C4)o2)CC1. The molecule has 4 aliphatic rings. The number of carbonyl (C=O) groups is 3. The number of furan rings is 1. The maximum atomic E-state index is 14.2. The second-order valence-electron chi connectivity index (χ2n) is 13.3. The molecular weight excluding hydrogens is 594 g/mol. The number of phenols is 1. The van der Waals surface area contributed by atoms with Crippen LogP contribution in [0.15, 0.2) is 39.5 Å². The predicted molar refractivity (Wildman–Crippen MR) is 169 cm³/mol. The molecule has 6 N–H and O–H groups in total. The molecule has 246 valence electrons. The van der Waals surface area contributed by atoms with E-state index in [1.165, 1.54) is 4.90 Å². The van der Waals surface area contributed by atoms with E-state index in [1.54, 1.807) is 26.2 Å². The van der Waals surface area contributed by atoms with Crippen molar-refractivity contribution in [3.05, 3.63) is 52.0 Å². The van der Waals surface area contributed by atoms with Crippen LogP contribution in [-0.2, 0) is 27.3 Å². The van der Waals surface area contributed by atoms with E-state index in [0.29, 0.717) is 29.1 Å². The van der Waals surface area contributed by atoms with Crippen LogP contribution >= 0.6 is 0 Å². The highest BCUT2D eigenvalue weighted by Gasteiger charge is 2.64. The number of piperazine rings is 1. The van der Waals surface area contributed by atoms with E-state index in [9.17, 15) is 34.8 Å². The highest BCUT2D eigenvalue weighted by Crippen LogP contribution is 2.55. The van der Waals surface area contributed by atoms with Gasteiger partial charge in [0.25, 0.3) is 5.91 Å². The van der Waals surface area contributed by atoms with Crippen molar-refractivity contribution in [1.82, 2.24) is 14.7 Å². The lowest BCUT2D eigenvalue weighted by Crippen LogP contribution is -2.65. The molecule has 0 spiro atoms. The topological polar surface area (TPSA) is 184 Å². The fraction of sp³-hybridized carbons (Fsp3) is 0.485. The minimum atomic E-state index is -2.69. The van der Waals surface area contributed by atoms with Crippen LogP contribution in [-0.4, -0.2) is 126 Å². The van der Waals surface area contributed by atoms with Crippen molar-refractivity contribution in [2.45, 2.75) is 31.0 Å². The number of anilines is 1. The number of benzene rings is 1. The Kier molecular flexibility index (Phi) is 7.79. The largest absolute Gasteiger partial charge is 0.508 e. The van der Waals surface area contributed by atoms with E-state index in [1.807, 2.05) is 25.1 Å². The minimum absolute atomic E-state index is 0.0227. The number of rotatable bonds is 6. The van der Waals surface area contributed by atoms with Gasteiger partial charge in [0.15, 0.2) is 11.4 Å². The molecule has 2 heterocycles. The third-order valence-corrected chi connectivity index (χ3v) is 10.1. The number of aliphatic hydroxyl groups is 3. The van der Waals surface area contributed by atoms with Crippen LogP contribution in [0.4, 0.5) is 5.69 Å². The van der Waals surface area contributed by atoms with Gasteiger partial charge in [0.2, 0.25) is 5.78 Å². The quantitative estimate of drug-likeness (QED) is 0.285. The number of phenolic OH excluding ortho intramolecular Hbond substituents is 1. The molecule has 2 fully saturated rings. The van der Waals surface area contributed by atoms with Crippen molar-refractivity contribution in [1.29, 1.82) is 0 Å². The number of amides is 1. The van der Waals surface area contributed by atoms with Gasteiger partial charge < -0.3 is 40.4 Å². The fourth-order valence-corrected chi connectivity index (χ4v) is 7.71. The zero-order valence-corrected chi connectivity index (χ0v) is 26.7. The molecule has 46 heavy (non-hydrogen) atoms. The third kappa shape index (κ3) is 4.72. The molecule has 4 atom stereocenters. The van der Waals surface area contributed by atoms with Crippen LogP contribution in [0, 0.1) is 11.8 Å². The van der Waals surface area contributed by atoms with E-state index in [4.69, 9.17) is 10.2 Å². The van der Waals surface area contributed by atoms with E-state index in [0.717, 1.165) is 31.9 Å². The molecular formula is C33H41N5O8. The predicted octanol–water partition coefficient (Wildman–Crippen LogP) is 1.04. The fourth-order valence-electron chi connectivity index (χ4n) is 7.71. The monoisotopic (exact) mass is 635 g/mol. The van der Waals surface area contributed by atoms with Gasteiger partial charge in [-0.05, 0) is 63.7 Å². The van der Waals surface area contributed by atoms with Gasteiger partial charge in [0, 0.05) is 57.5 Å². The molecule has 0 bridgehead atoms. The van der Waals surface area contributed by atoms with Crippen molar-refractivity contribution in [2.24, 2.45) is 17.6 Å². The summed E-state index contributed by atoms with van der Waals surface area (Å²) in [6, 6.07) is 4.26. The number of aromatic hydroxyl groups is 1. The number of ketones is 2. The lowest BCUT2D eigenvalue weighted by atomic mass is 9.57. The zero-order chi connectivity index (χ0) is 33.4. The Hall–Kier alpha value is -4.17. The van der Waals surface area contributed by atoms with E-state index in [-0.39, 0.29) is 29.7 Å². The normalized spacial score (nSPS) is 27.2. The first-order valence-electron chi connectivity index (χ1n) is 15.4. The first-order chi connectivity index (χ1) is 21.7. The maximum Gasteiger partial charge on any atom is 0.255 e. The number of aliphatic hydroxyl groups excluding tert-OH is 2. The molecule has 1 amide bonds. The Bertz CT molecular complexity index is 1700. The lowest BCUT2D eigenvalue weighted by Gasteiger charge is -2.50. The Morgan fingerprint density at radius 1 is 1.09 bits per heavy atom. The number of hydrogen-bond acceptors (Lipinski definition) is 12. The van der Waals surface area contributed by atoms with E-state index in [2.05, 4.69) is 16.8 Å². The number of nitrogens with zero attached hydrogens (tertiary/aromatic N) is 4. The number of fused-ring (bicyclic) bond motifs is 3. The molecule has 4 unspecified atom stereocenters. The zero-order valence-electron chi connectivity index (χ0n) is 26.7. The lowest BCUT2D eigenvalue weighted by molar-refractivity contribution is -0.153. The van der Waals surface area contributed by atoms with Gasteiger partial charge >= 0.3 is 0 Å². The molecule has 2 aromatic rings. The van der Waals surface area contributed by atoms with Crippen LogP contribution in [0.1, 0.15) is 23.3 Å². The summed E-state index contributed by atoms with van der Waals surface area (Å²) in [5.41, 5.74) is 3.30. The highest BCUT2D eigenvalue weighted by molar-refractivity contribution is 6.24. The molecule has 6 rings (SSSR count). The average molecular weight is 636 g/mol. The number of Topliss-reactive ketones (excluding diaryl/α,β-unsaturated/α-hetero) is 2. The van der Waals surface area contributed by atoms with Gasteiger partial charge in [-0.2, -0.15) is 0 Å². The van der Waals surface area contributed by atoms with Gasteiger partial charge in [-0.15, -0.1) is 0 Å². The molecule has 3 aliphatic carbocycles. The first kappa shape index (κ1) is 31.8. The smallest absolute Gasteiger partial charge is 0.255 e. The van der Waals surface area contributed by atoms with Crippen LogP contribution in [0.25, 0.3) is 17.1 Å². The van der Waals surface area contributed by atoms with Crippen LogP contribution in [0.5, 0.6) is 5.75 Å². The number of carbonyl (C=O) groups excluding carboxylic acids is 3. The molecule has 1 saturated heterocycles. The summed E-state index contributed by atoms with van der Waals surface area (Å²) in [5, 5.41) is 46.5. The Balaban J connectivity index is 1.46. The summed E-state index contributed by atoms with van der Waals surface area (Å²) in [7, 11) is 8.89. The van der Waals surface area contributed by atoms with E-state index < -0.39 is 58.0 Å². The number of nitrogens with two attached hydrogens (primary N) is 1. The second kappa shape index (κ2) is 11.3. The summed E-state index contributed by atoms with van der Waals surface area (Å²) in [6.07, 6.45) is 0.220. The molecule has 1 aromatic carbocycles. The molecule has 13 nitrogen and oxygen atoms in total. The van der Waals surface area contributed by atoms with Crippen LogP contribution in [0.3, 0.4) is 0 Å². The molecule has 1 saturated carbocycles. The Labute approximate surface area is 266 Å². The molecule has 0 radical (unpaired) electrons. The van der Waals surface area contributed by atoms with Crippen LogP contribution < -0.4 is 10.6 Å². The van der Waals surface area contributed by atoms with Crippen LogP contribution in [0.2, 0.25) is 0 Å². The van der Waals surface area contributed by atoms with Crippen molar-refractivity contribution in [3.63, 3.8) is 0 Å². The van der Waals surface area contributed by atoms with Gasteiger partial charge in [-0.3, -0.25) is 24.2 Å². The average Bonchev–Trinajstić information content (AvgIpc) is 3.44. The van der Waals surface area contributed by atoms with Crippen molar-refractivity contribution >= 4 is 28.9 Å².